The predicted molar refractivity (Wildman–Crippen MR) is 50.6 cm³/mol. The van der Waals surface area contributed by atoms with Gasteiger partial charge in [0.2, 0.25) is 0 Å². The van der Waals surface area contributed by atoms with Crippen LogP contribution in [0.25, 0.3) is 11.0 Å². The molecule has 2 aromatic rings. The van der Waals surface area contributed by atoms with Gasteiger partial charge in [0.15, 0.2) is 0 Å². The van der Waals surface area contributed by atoms with Crippen molar-refractivity contribution in [1.82, 2.24) is 0 Å². The number of rotatable bonds is 2. The third-order valence-corrected chi connectivity index (χ3v) is 2.05. The van der Waals surface area contributed by atoms with E-state index in [1.54, 1.807) is 24.5 Å². The first-order valence-corrected chi connectivity index (χ1v) is 4.20. The van der Waals surface area contributed by atoms with E-state index in [1.165, 1.54) is 0 Å². The fourth-order valence-corrected chi connectivity index (χ4v) is 1.42. The maximum atomic E-state index is 9.27. The summed E-state index contributed by atoms with van der Waals surface area (Å²) in [5.74, 6) is 0.257. The zero-order chi connectivity index (χ0) is 9.26. The molecule has 0 saturated carbocycles. The van der Waals surface area contributed by atoms with Crippen molar-refractivity contribution in [3.8, 4) is 5.75 Å². The fourth-order valence-electron chi connectivity index (χ4n) is 1.42. The molecule has 0 saturated heterocycles. The van der Waals surface area contributed by atoms with Gasteiger partial charge >= 0.3 is 0 Å². The third kappa shape index (κ3) is 1.38. The summed E-state index contributed by atoms with van der Waals surface area (Å²) >= 11 is 0. The lowest BCUT2D eigenvalue weighted by Gasteiger charge is -1.94. The molecule has 0 bridgehead atoms. The highest BCUT2D eigenvalue weighted by Crippen LogP contribution is 2.25. The normalized spacial score (nSPS) is 10.8. The van der Waals surface area contributed by atoms with Gasteiger partial charge in [-0.1, -0.05) is 0 Å². The molecule has 2 rings (SSSR count). The molecule has 0 aliphatic heterocycles. The molecule has 0 amide bonds. The maximum Gasteiger partial charge on any atom is 0.134 e. The summed E-state index contributed by atoms with van der Waals surface area (Å²) in [5, 5.41) is 10.2. The second-order valence-electron chi connectivity index (χ2n) is 2.98. The molecule has 1 aromatic heterocycles. The van der Waals surface area contributed by atoms with Gasteiger partial charge in [-0.15, -0.1) is 0 Å². The SMILES string of the molecule is NCCc1coc2ccc(O)cc12. The average molecular weight is 177 g/mol. The van der Waals surface area contributed by atoms with Crippen molar-refractivity contribution in [2.24, 2.45) is 5.73 Å². The van der Waals surface area contributed by atoms with Gasteiger partial charge in [-0.05, 0) is 36.7 Å². The molecular formula is C10H11NO2. The average Bonchev–Trinajstić information content (AvgIpc) is 2.49. The van der Waals surface area contributed by atoms with E-state index in [2.05, 4.69) is 0 Å². The smallest absolute Gasteiger partial charge is 0.134 e. The summed E-state index contributed by atoms with van der Waals surface area (Å²) in [6.07, 6.45) is 2.47. The molecule has 13 heavy (non-hydrogen) atoms. The summed E-state index contributed by atoms with van der Waals surface area (Å²) in [6.45, 7) is 0.588. The Balaban J connectivity index is 2.58. The fraction of sp³-hybridized carbons (Fsp3) is 0.200. The second kappa shape index (κ2) is 3.11. The number of benzene rings is 1. The minimum Gasteiger partial charge on any atom is -0.508 e. The maximum absolute atomic E-state index is 9.27. The van der Waals surface area contributed by atoms with Crippen LogP contribution in [0, 0.1) is 0 Å². The van der Waals surface area contributed by atoms with E-state index in [1.807, 2.05) is 0 Å². The monoisotopic (exact) mass is 177 g/mol. The van der Waals surface area contributed by atoms with Crippen LogP contribution in [0.5, 0.6) is 5.75 Å². The quantitative estimate of drug-likeness (QED) is 0.733. The summed E-state index contributed by atoms with van der Waals surface area (Å²) in [6, 6.07) is 5.06. The summed E-state index contributed by atoms with van der Waals surface area (Å²) in [5.41, 5.74) is 7.29. The minimum atomic E-state index is 0.257. The van der Waals surface area contributed by atoms with Crippen LogP contribution in [0.3, 0.4) is 0 Å². The number of hydrogen-bond donors (Lipinski definition) is 2. The van der Waals surface area contributed by atoms with E-state index in [-0.39, 0.29) is 5.75 Å². The van der Waals surface area contributed by atoms with Gasteiger partial charge in [-0.25, -0.2) is 0 Å². The molecule has 3 heteroatoms. The van der Waals surface area contributed by atoms with Crippen molar-refractivity contribution < 1.29 is 9.52 Å². The van der Waals surface area contributed by atoms with Crippen molar-refractivity contribution in [3.05, 3.63) is 30.0 Å². The van der Waals surface area contributed by atoms with E-state index in [9.17, 15) is 5.11 Å². The molecule has 0 unspecified atom stereocenters. The Morgan fingerprint density at radius 2 is 2.23 bits per heavy atom. The molecule has 0 spiro atoms. The standard InChI is InChI=1S/C10H11NO2/c11-4-3-7-6-13-10-2-1-8(12)5-9(7)10/h1-2,5-6,12H,3-4,11H2. The van der Waals surface area contributed by atoms with E-state index < -0.39 is 0 Å². The predicted octanol–water partition coefficient (Wildman–Crippen LogP) is 1.64. The van der Waals surface area contributed by atoms with Crippen molar-refractivity contribution in [1.29, 1.82) is 0 Å². The Kier molecular flexibility index (Phi) is 1.94. The molecule has 0 fully saturated rings. The van der Waals surface area contributed by atoms with Crippen molar-refractivity contribution >= 4 is 11.0 Å². The molecule has 68 valence electrons. The number of phenols is 1. The lowest BCUT2D eigenvalue weighted by Crippen LogP contribution is -2.01. The second-order valence-corrected chi connectivity index (χ2v) is 2.98. The topological polar surface area (TPSA) is 59.4 Å². The molecule has 1 heterocycles. The van der Waals surface area contributed by atoms with Crippen LogP contribution in [0.15, 0.2) is 28.9 Å². The number of hydrogen-bond acceptors (Lipinski definition) is 3. The van der Waals surface area contributed by atoms with Crippen LogP contribution in [-0.2, 0) is 6.42 Å². The van der Waals surface area contributed by atoms with Gasteiger partial charge in [0.1, 0.15) is 11.3 Å². The molecule has 0 aliphatic carbocycles. The third-order valence-electron chi connectivity index (χ3n) is 2.05. The number of phenolic OH excluding ortho intramolecular Hbond substituents is 1. The highest BCUT2D eigenvalue weighted by atomic mass is 16.3. The van der Waals surface area contributed by atoms with Crippen LogP contribution in [-0.4, -0.2) is 11.7 Å². The van der Waals surface area contributed by atoms with E-state index in [4.69, 9.17) is 10.2 Å². The first-order valence-electron chi connectivity index (χ1n) is 4.20. The van der Waals surface area contributed by atoms with E-state index >= 15 is 0 Å². The summed E-state index contributed by atoms with van der Waals surface area (Å²) in [4.78, 5) is 0. The van der Waals surface area contributed by atoms with Gasteiger partial charge in [0, 0.05) is 5.39 Å². The molecular weight excluding hydrogens is 166 g/mol. The Hall–Kier alpha value is -1.48. The lowest BCUT2D eigenvalue weighted by atomic mass is 10.1. The highest BCUT2D eigenvalue weighted by Gasteiger charge is 2.04. The van der Waals surface area contributed by atoms with Crippen LogP contribution in [0.1, 0.15) is 5.56 Å². The number of nitrogens with two attached hydrogens (primary N) is 1. The van der Waals surface area contributed by atoms with Crippen molar-refractivity contribution in [2.45, 2.75) is 6.42 Å². The number of aromatic hydroxyl groups is 1. The minimum absolute atomic E-state index is 0.257. The van der Waals surface area contributed by atoms with Crippen LogP contribution >= 0.6 is 0 Å². The largest absolute Gasteiger partial charge is 0.508 e. The van der Waals surface area contributed by atoms with Gasteiger partial charge < -0.3 is 15.3 Å². The lowest BCUT2D eigenvalue weighted by molar-refractivity contribution is 0.476. The zero-order valence-corrected chi connectivity index (χ0v) is 7.16. The van der Waals surface area contributed by atoms with Gasteiger partial charge in [0.05, 0.1) is 6.26 Å². The van der Waals surface area contributed by atoms with E-state index in [0.29, 0.717) is 6.54 Å². The van der Waals surface area contributed by atoms with Crippen LogP contribution in [0.4, 0.5) is 0 Å². The molecule has 3 nitrogen and oxygen atoms in total. The van der Waals surface area contributed by atoms with Crippen LogP contribution in [0.2, 0.25) is 0 Å². The van der Waals surface area contributed by atoms with Gasteiger partial charge in [-0.2, -0.15) is 0 Å². The first-order chi connectivity index (χ1) is 6.31. The summed E-state index contributed by atoms with van der Waals surface area (Å²) < 4.78 is 5.29. The van der Waals surface area contributed by atoms with Crippen LogP contribution < -0.4 is 5.73 Å². The van der Waals surface area contributed by atoms with E-state index in [0.717, 1.165) is 23.0 Å². The van der Waals surface area contributed by atoms with Gasteiger partial charge in [-0.3, -0.25) is 0 Å². The highest BCUT2D eigenvalue weighted by molar-refractivity contribution is 5.82. The molecule has 0 radical (unpaired) electrons. The zero-order valence-electron chi connectivity index (χ0n) is 7.16. The molecule has 0 aliphatic rings. The summed E-state index contributed by atoms with van der Waals surface area (Å²) in [7, 11) is 0. The number of fused-ring (bicyclic) bond motifs is 1. The Bertz CT molecular complexity index is 420. The molecule has 1 aromatic carbocycles. The number of furan rings is 1. The van der Waals surface area contributed by atoms with Gasteiger partial charge in [0.25, 0.3) is 0 Å². The van der Waals surface area contributed by atoms with Crippen molar-refractivity contribution in [2.75, 3.05) is 6.54 Å². The molecule has 3 N–H and O–H groups in total. The Morgan fingerprint density at radius 3 is 3.00 bits per heavy atom. The Morgan fingerprint density at radius 1 is 1.38 bits per heavy atom. The van der Waals surface area contributed by atoms with Crippen molar-refractivity contribution in [3.63, 3.8) is 0 Å². The Labute approximate surface area is 75.8 Å². The first kappa shape index (κ1) is 8.13. The molecule has 0 atom stereocenters.